The number of H-pyrrole nitrogens is 1. The lowest BCUT2D eigenvalue weighted by Crippen LogP contribution is -2.41. The number of carbonyl (C=O) groups is 1. The molecule has 150 valence electrons. The lowest BCUT2D eigenvalue weighted by molar-refractivity contribution is 0.0516. The molecule has 8 nitrogen and oxygen atoms in total. The fourth-order valence-electron chi connectivity index (χ4n) is 3.74. The first-order valence-corrected chi connectivity index (χ1v) is 9.81. The molecule has 0 saturated carbocycles. The number of hydrogen-bond acceptors (Lipinski definition) is 7. The quantitative estimate of drug-likeness (QED) is 0.737. The Kier molecular flexibility index (Phi) is 5.66. The van der Waals surface area contributed by atoms with E-state index in [2.05, 4.69) is 20.4 Å². The number of rotatable bonds is 6. The van der Waals surface area contributed by atoms with Gasteiger partial charge in [0.1, 0.15) is 18.9 Å². The maximum Gasteiger partial charge on any atom is 0.356 e. The number of carbonyl (C=O) groups excluding carboxylic acids is 1. The van der Waals surface area contributed by atoms with E-state index >= 15 is 0 Å². The second-order valence-corrected chi connectivity index (χ2v) is 7.07. The number of fused-ring (bicyclic) bond motifs is 1. The molecule has 8 heteroatoms. The van der Waals surface area contributed by atoms with E-state index in [4.69, 9.17) is 14.2 Å². The molecule has 2 aliphatic rings. The van der Waals surface area contributed by atoms with Crippen molar-refractivity contribution in [2.24, 2.45) is 0 Å². The van der Waals surface area contributed by atoms with Crippen LogP contribution in [-0.4, -0.2) is 60.0 Å². The number of piperidine rings is 1. The van der Waals surface area contributed by atoms with E-state index < -0.39 is 0 Å². The first-order chi connectivity index (χ1) is 13.7. The monoisotopic (exact) mass is 386 g/mol. The third kappa shape index (κ3) is 4.22. The molecule has 2 N–H and O–H groups in total. The van der Waals surface area contributed by atoms with Crippen LogP contribution in [0.15, 0.2) is 24.4 Å². The molecule has 0 radical (unpaired) electrons. The number of ether oxygens (including phenoxy) is 3. The van der Waals surface area contributed by atoms with E-state index in [1.54, 1.807) is 13.1 Å². The summed E-state index contributed by atoms with van der Waals surface area (Å²) in [5.74, 6) is 1.24. The van der Waals surface area contributed by atoms with E-state index in [1.807, 2.05) is 18.2 Å². The van der Waals surface area contributed by atoms with Gasteiger partial charge in [-0.2, -0.15) is 5.10 Å². The van der Waals surface area contributed by atoms with E-state index in [0.29, 0.717) is 38.1 Å². The van der Waals surface area contributed by atoms with Crippen LogP contribution in [-0.2, 0) is 11.3 Å². The Morgan fingerprint density at radius 3 is 3.07 bits per heavy atom. The summed E-state index contributed by atoms with van der Waals surface area (Å²) < 4.78 is 16.4. The number of nitrogens with zero attached hydrogens (tertiary/aromatic N) is 2. The molecule has 2 aliphatic heterocycles. The van der Waals surface area contributed by atoms with Gasteiger partial charge in [-0.1, -0.05) is 0 Å². The Morgan fingerprint density at radius 2 is 2.21 bits per heavy atom. The maximum atomic E-state index is 12.0. The number of aromatic amines is 1. The van der Waals surface area contributed by atoms with Crippen molar-refractivity contribution in [3.8, 4) is 11.5 Å². The molecule has 0 unspecified atom stereocenters. The van der Waals surface area contributed by atoms with Crippen LogP contribution in [0.2, 0.25) is 0 Å². The van der Waals surface area contributed by atoms with Crippen molar-refractivity contribution in [1.29, 1.82) is 0 Å². The number of nitrogens with one attached hydrogen (secondary N) is 2. The fraction of sp³-hybridized carbons (Fsp3) is 0.500. The molecule has 1 fully saturated rings. The highest BCUT2D eigenvalue weighted by Gasteiger charge is 2.23. The molecule has 28 heavy (non-hydrogen) atoms. The van der Waals surface area contributed by atoms with Gasteiger partial charge in [0.05, 0.1) is 12.8 Å². The van der Waals surface area contributed by atoms with Gasteiger partial charge in [-0.3, -0.25) is 10.00 Å². The van der Waals surface area contributed by atoms with Crippen molar-refractivity contribution >= 4 is 11.7 Å². The second kappa shape index (κ2) is 8.52. The summed E-state index contributed by atoms with van der Waals surface area (Å²) in [6.45, 7) is 5.88. The zero-order valence-electron chi connectivity index (χ0n) is 16.1. The summed E-state index contributed by atoms with van der Waals surface area (Å²) in [4.78, 5) is 14.4. The average molecular weight is 386 g/mol. The molecule has 0 amide bonds. The third-order valence-electron chi connectivity index (χ3n) is 5.01. The Balaban J connectivity index is 1.37. The SMILES string of the molecule is CCOC(=O)c1[nH]ncc1CN1CCC[C@H](Nc2ccc3c(c2)OCCO3)C1. The van der Waals surface area contributed by atoms with Crippen molar-refractivity contribution in [2.45, 2.75) is 32.4 Å². The molecule has 1 aromatic heterocycles. The molecule has 0 spiro atoms. The molecule has 0 bridgehead atoms. The standard InChI is InChI=1S/C20H26N4O4/c1-2-26-20(25)19-14(11-21-23-19)12-24-7-3-4-16(13-24)22-15-5-6-17-18(10-15)28-9-8-27-17/h5-6,10-11,16,22H,2-4,7-9,12-13H2,1H3,(H,21,23)/t16-/m0/s1. The van der Waals surface area contributed by atoms with Crippen LogP contribution in [0.25, 0.3) is 0 Å². The van der Waals surface area contributed by atoms with Crippen LogP contribution in [0.3, 0.4) is 0 Å². The van der Waals surface area contributed by atoms with Gasteiger partial charge in [0.25, 0.3) is 0 Å². The summed E-state index contributed by atoms with van der Waals surface area (Å²) in [6, 6.07) is 6.31. The first-order valence-electron chi connectivity index (χ1n) is 9.81. The van der Waals surface area contributed by atoms with E-state index in [9.17, 15) is 4.79 Å². The fourth-order valence-corrected chi connectivity index (χ4v) is 3.74. The highest BCUT2D eigenvalue weighted by atomic mass is 16.6. The van der Waals surface area contributed by atoms with Gasteiger partial charge in [0.15, 0.2) is 11.5 Å². The minimum atomic E-state index is -0.349. The van der Waals surface area contributed by atoms with Crippen LogP contribution >= 0.6 is 0 Å². The van der Waals surface area contributed by atoms with Gasteiger partial charge < -0.3 is 19.5 Å². The summed E-state index contributed by atoms with van der Waals surface area (Å²) in [5.41, 5.74) is 2.36. The average Bonchev–Trinajstić information content (AvgIpc) is 3.16. The molecule has 4 rings (SSSR count). The molecule has 1 saturated heterocycles. The predicted octanol–water partition coefficient (Wildman–Crippen LogP) is 2.43. The van der Waals surface area contributed by atoms with Gasteiger partial charge >= 0.3 is 5.97 Å². The number of esters is 1. The highest BCUT2D eigenvalue weighted by molar-refractivity contribution is 5.88. The van der Waals surface area contributed by atoms with E-state index in [-0.39, 0.29) is 5.97 Å². The van der Waals surface area contributed by atoms with Gasteiger partial charge in [-0.15, -0.1) is 0 Å². The van der Waals surface area contributed by atoms with Gasteiger partial charge in [-0.25, -0.2) is 4.79 Å². The van der Waals surface area contributed by atoms with Gasteiger partial charge in [0.2, 0.25) is 0 Å². The van der Waals surface area contributed by atoms with Crippen molar-refractivity contribution < 1.29 is 19.0 Å². The van der Waals surface area contributed by atoms with Gasteiger partial charge in [-0.05, 0) is 38.4 Å². The van der Waals surface area contributed by atoms with Crippen molar-refractivity contribution in [2.75, 3.05) is 38.2 Å². The molecule has 1 atom stereocenters. The topological polar surface area (TPSA) is 88.7 Å². The number of anilines is 1. The number of likely N-dealkylation sites (tertiary alicyclic amines) is 1. The highest BCUT2D eigenvalue weighted by Crippen LogP contribution is 2.33. The molecule has 0 aliphatic carbocycles. The summed E-state index contributed by atoms with van der Waals surface area (Å²) in [5, 5.41) is 10.4. The largest absolute Gasteiger partial charge is 0.486 e. The molecule has 1 aromatic carbocycles. The molecular formula is C20H26N4O4. The lowest BCUT2D eigenvalue weighted by atomic mass is 10.0. The number of benzene rings is 1. The van der Waals surface area contributed by atoms with Crippen LogP contribution in [0.4, 0.5) is 5.69 Å². The van der Waals surface area contributed by atoms with Crippen LogP contribution in [0.1, 0.15) is 35.8 Å². The van der Waals surface area contributed by atoms with Crippen molar-refractivity contribution in [1.82, 2.24) is 15.1 Å². The minimum Gasteiger partial charge on any atom is -0.486 e. The van der Waals surface area contributed by atoms with Crippen molar-refractivity contribution in [3.63, 3.8) is 0 Å². The maximum absolute atomic E-state index is 12.0. The molecular weight excluding hydrogens is 360 g/mol. The Bertz CT molecular complexity index is 822. The molecule has 2 aromatic rings. The zero-order chi connectivity index (χ0) is 19.3. The van der Waals surface area contributed by atoms with Crippen molar-refractivity contribution in [3.05, 3.63) is 35.7 Å². The first kappa shape index (κ1) is 18.6. The summed E-state index contributed by atoms with van der Waals surface area (Å²) in [6.07, 6.45) is 3.90. The van der Waals surface area contributed by atoms with Crippen LogP contribution in [0, 0.1) is 0 Å². The smallest absolute Gasteiger partial charge is 0.356 e. The summed E-state index contributed by atoms with van der Waals surface area (Å²) >= 11 is 0. The second-order valence-electron chi connectivity index (χ2n) is 7.07. The van der Waals surface area contributed by atoms with E-state index in [1.165, 1.54) is 0 Å². The van der Waals surface area contributed by atoms with E-state index in [0.717, 1.165) is 48.7 Å². The number of aromatic nitrogens is 2. The van der Waals surface area contributed by atoms with Gasteiger partial charge in [0, 0.05) is 36.4 Å². The number of hydrogen-bond donors (Lipinski definition) is 2. The third-order valence-corrected chi connectivity index (χ3v) is 5.01. The summed E-state index contributed by atoms with van der Waals surface area (Å²) in [7, 11) is 0. The Hall–Kier alpha value is -2.74. The lowest BCUT2D eigenvalue weighted by Gasteiger charge is -2.33. The normalized spacial score (nSPS) is 19.2. The Morgan fingerprint density at radius 1 is 1.36 bits per heavy atom. The zero-order valence-corrected chi connectivity index (χ0v) is 16.1. The van der Waals surface area contributed by atoms with Crippen LogP contribution < -0.4 is 14.8 Å². The minimum absolute atomic E-state index is 0.328. The van der Waals surface area contributed by atoms with Crippen LogP contribution in [0.5, 0.6) is 11.5 Å². The molecule has 3 heterocycles. The predicted molar refractivity (Wildman–Crippen MR) is 104 cm³/mol. The Labute approximate surface area is 164 Å².